The molecule has 29 heavy (non-hydrogen) atoms. The van der Waals surface area contributed by atoms with E-state index in [1.54, 1.807) is 0 Å². The number of amides is 2. The van der Waals surface area contributed by atoms with E-state index in [0.717, 1.165) is 51.3 Å². The number of carboxylic acid groups (broad SMARTS) is 1. The number of aromatic nitrogens is 2. The number of nitrogens with one attached hydrogen (secondary N) is 1. The molecule has 1 fully saturated rings. The zero-order valence-electron chi connectivity index (χ0n) is 16.7. The molecule has 1 saturated carbocycles. The van der Waals surface area contributed by atoms with E-state index in [1.165, 1.54) is 18.5 Å². The lowest BCUT2D eigenvalue weighted by Crippen LogP contribution is -2.45. The number of carboxylic acids is 1. The molecule has 3 rings (SSSR count). The Morgan fingerprint density at radius 1 is 1.24 bits per heavy atom. The highest BCUT2D eigenvalue weighted by molar-refractivity contribution is 5.74. The van der Waals surface area contributed by atoms with Gasteiger partial charge >= 0.3 is 18.2 Å². The average molecular weight is 419 g/mol. The number of rotatable bonds is 3. The van der Waals surface area contributed by atoms with Crippen LogP contribution in [0.25, 0.3) is 0 Å². The lowest BCUT2D eigenvalue weighted by molar-refractivity contribution is -0.192. The number of aliphatic carboxylic acids is 1. The number of halogens is 3. The van der Waals surface area contributed by atoms with Gasteiger partial charge in [0.1, 0.15) is 5.82 Å². The van der Waals surface area contributed by atoms with Crippen molar-refractivity contribution in [2.75, 3.05) is 27.2 Å². The van der Waals surface area contributed by atoms with E-state index in [-0.39, 0.29) is 6.03 Å². The fourth-order valence-electron chi connectivity index (χ4n) is 3.48. The fourth-order valence-corrected chi connectivity index (χ4v) is 3.48. The van der Waals surface area contributed by atoms with Crippen LogP contribution in [-0.4, -0.2) is 75.9 Å². The molecule has 0 aromatic carbocycles. The highest BCUT2D eigenvalue weighted by Gasteiger charge is 2.38. The van der Waals surface area contributed by atoms with Crippen LogP contribution in [0.3, 0.4) is 0 Å². The monoisotopic (exact) mass is 419 g/mol. The summed E-state index contributed by atoms with van der Waals surface area (Å²) in [6, 6.07) is 0.490. The van der Waals surface area contributed by atoms with Crippen molar-refractivity contribution in [2.45, 2.75) is 57.4 Å². The van der Waals surface area contributed by atoms with Crippen LogP contribution in [0, 0.1) is 0 Å². The van der Waals surface area contributed by atoms with Gasteiger partial charge in [-0.2, -0.15) is 13.2 Å². The van der Waals surface area contributed by atoms with Crippen molar-refractivity contribution in [2.24, 2.45) is 0 Å². The number of urea groups is 1. The second-order valence-electron chi connectivity index (χ2n) is 7.53. The van der Waals surface area contributed by atoms with E-state index in [2.05, 4.69) is 33.9 Å². The summed E-state index contributed by atoms with van der Waals surface area (Å²) >= 11 is 0. The van der Waals surface area contributed by atoms with Crippen LogP contribution in [0.4, 0.5) is 18.0 Å². The molecule has 1 aliphatic carbocycles. The number of carbonyl (C=O) groups excluding carboxylic acids is 1. The lowest BCUT2D eigenvalue weighted by Gasteiger charge is -2.23. The number of alkyl halides is 3. The lowest BCUT2D eigenvalue weighted by atomic mass is 10.2. The summed E-state index contributed by atoms with van der Waals surface area (Å²) in [5, 5.41) is 10.3. The Morgan fingerprint density at radius 2 is 1.86 bits per heavy atom. The summed E-state index contributed by atoms with van der Waals surface area (Å²) in [6.45, 7) is 3.26. The smallest absolute Gasteiger partial charge is 0.475 e. The normalized spacial score (nSPS) is 17.4. The Morgan fingerprint density at radius 3 is 2.41 bits per heavy atom. The van der Waals surface area contributed by atoms with Crippen molar-refractivity contribution in [3.05, 3.63) is 17.7 Å². The molecule has 0 unspecified atom stereocenters. The zero-order chi connectivity index (χ0) is 21.6. The van der Waals surface area contributed by atoms with E-state index in [4.69, 9.17) is 9.90 Å². The summed E-state index contributed by atoms with van der Waals surface area (Å²) in [6.07, 6.45) is 2.49. The Bertz CT molecular complexity index is 699. The van der Waals surface area contributed by atoms with Gasteiger partial charge in [0.25, 0.3) is 0 Å². The molecule has 8 nitrogen and oxygen atoms in total. The molecule has 0 atom stereocenters. The molecule has 164 valence electrons. The summed E-state index contributed by atoms with van der Waals surface area (Å²) in [7, 11) is 4.13. The number of hydrogen-bond donors (Lipinski definition) is 2. The summed E-state index contributed by atoms with van der Waals surface area (Å²) in [5.74, 6) is -1.65. The van der Waals surface area contributed by atoms with Gasteiger partial charge in [0.15, 0.2) is 0 Å². The van der Waals surface area contributed by atoms with Gasteiger partial charge in [-0.3, -0.25) is 0 Å². The number of fused-ring (bicyclic) bond motifs is 1. The number of hydrogen-bond acceptors (Lipinski definition) is 4. The molecule has 1 aromatic rings. The highest BCUT2D eigenvalue weighted by atomic mass is 19.4. The average Bonchev–Trinajstić information content (AvgIpc) is 3.19. The fraction of sp³-hybridized carbons (Fsp3) is 0.722. The van der Waals surface area contributed by atoms with Gasteiger partial charge in [-0.1, -0.05) is 12.8 Å². The van der Waals surface area contributed by atoms with E-state index in [0.29, 0.717) is 6.04 Å². The first-order chi connectivity index (χ1) is 13.6. The molecule has 2 N–H and O–H groups in total. The minimum absolute atomic E-state index is 0.104. The molecule has 2 heterocycles. The first-order valence-electron chi connectivity index (χ1n) is 9.61. The Labute approximate surface area is 167 Å². The van der Waals surface area contributed by atoms with Gasteiger partial charge in [0.2, 0.25) is 0 Å². The maximum absolute atomic E-state index is 12.4. The largest absolute Gasteiger partial charge is 0.490 e. The third kappa shape index (κ3) is 6.91. The molecule has 1 aromatic heterocycles. The Hall–Kier alpha value is -2.30. The van der Waals surface area contributed by atoms with E-state index < -0.39 is 12.1 Å². The minimum atomic E-state index is -5.08. The maximum atomic E-state index is 12.4. The number of imidazole rings is 1. The number of carbonyl (C=O) groups is 2. The van der Waals surface area contributed by atoms with Gasteiger partial charge in [-0.25, -0.2) is 14.6 Å². The van der Waals surface area contributed by atoms with E-state index in [9.17, 15) is 18.0 Å². The van der Waals surface area contributed by atoms with Crippen LogP contribution in [-0.2, 0) is 24.3 Å². The number of nitrogens with zero attached hydrogens (tertiary/aromatic N) is 4. The van der Waals surface area contributed by atoms with E-state index >= 15 is 0 Å². The van der Waals surface area contributed by atoms with Gasteiger partial charge in [0.05, 0.1) is 5.69 Å². The molecule has 11 heteroatoms. The van der Waals surface area contributed by atoms with E-state index in [1.807, 2.05) is 11.1 Å². The molecule has 0 spiro atoms. The quantitative estimate of drug-likeness (QED) is 0.783. The summed E-state index contributed by atoms with van der Waals surface area (Å²) < 4.78 is 34.0. The third-order valence-corrected chi connectivity index (χ3v) is 4.91. The predicted molar refractivity (Wildman–Crippen MR) is 99.4 cm³/mol. The second kappa shape index (κ2) is 9.95. The van der Waals surface area contributed by atoms with Crippen molar-refractivity contribution in [1.29, 1.82) is 0 Å². The van der Waals surface area contributed by atoms with Gasteiger partial charge in [-0.15, -0.1) is 0 Å². The molecule has 2 aliphatic rings. The molecular weight excluding hydrogens is 391 g/mol. The van der Waals surface area contributed by atoms with Crippen LogP contribution < -0.4 is 5.32 Å². The van der Waals surface area contributed by atoms with Crippen molar-refractivity contribution in [1.82, 2.24) is 24.7 Å². The standard InChI is InChI=1S/C16H27N5O.C2HF3O2/c1-19(2)12-14-11-17-15-7-8-20(9-10-21(14)15)16(22)18-13-5-3-4-6-13;3-2(4,5)1(6)7/h11,13H,3-10,12H2,1-2H3,(H,18,22);(H,6,7). The van der Waals surface area contributed by atoms with Crippen LogP contribution in [0.1, 0.15) is 37.2 Å². The molecule has 1 aliphatic heterocycles. The summed E-state index contributed by atoms with van der Waals surface area (Å²) in [5.41, 5.74) is 1.23. The Balaban J connectivity index is 0.000000370. The minimum Gasteiger partial charge on any atom is -0.475 e. The van der Waals surface area contributed by atoms with Crippen molar-refractivity contribution in [3.8, 4) is 0 Å². The van der Waals surface area contributed by atoms with Crippen LogP contribution in [0.2, 0.25) is 0 Å². The predicted octanol–water partition coefficient (Wildman–Crippen LogP) is 2.09. The second-order valence-corrected chi connectivity index (χ2v) is 7.53. The zero-order valence-corrected chi connectivity index (χ0v) is 16.7. The maximum Gasteiger partial charge on any atom is 0.490 e. The molecule has 0 bridgehead atoms. The van der Waals surface area contributed by atoms with Gasteiger partial charge in [-0.05, 0) is 26.9 Å². The third-order valence-electron chi connectivity index (χ3n) is 4.91. The first-order valence-corrected chi connectivity index (χ1v) is 9.61. The molecular formula is C18H28F3N5O3. The SMILES string of the molecule is CN(C)Cc1cnc2n1CCN(C(=O)NC1CCCC1)CC2.O=C(O)C(F)(F)F. The van der Waals surface area contributed by atoms with Crippen LogP contribution in [0.5, 0.6) is 0 Å². The molecule has 2 amide bonds. The van der Waals surface area contributed by atoms with Crippen molar-refractivity contribution in [3.63, 3.8) is 0 Å². The Kier molecular flexibility index (Phi) is 7.88. The van der Waals surface area contributed by atoms with Crippen molar-refractivity contribution >= 4 is 12.0 Å². The van der Waals surface area contributed by atoms with Crippen molar-refractivity contribution < 1.29 is 27.9 Å². The summed E-state index contributed by atoms with van der Waals surface area (Å²) in [4.78, 5) is 30.0. The molecule has 0 saturated heterocycles. The van der Waals surface area contributed by atoms with Gasteiger partial charge < -0.3 is 24.8 Å². The topological polar surface area (TPSA) is 90.7 Å². The van der Waals surface area contributed by atoms with Crippen LogP contribution >= 0.6 is 0 Å². The van der Waals surface area contributed by atoms with Gasteiger partial charge in [0, 0.05) is 44.8 Å². The first kappa shape index (κ1) is 23.0. The highest BCUT2D eigenvalue weighted by Crippen LogP contribution is 2.18. The van der Waals surface area contributed by atoms with Crippen LogP contribution in [0.15, 0.2) is 6.20 Å². The molecule has 0 radical (unpaired) electrons.